The van der Waals surface area contributed by atoms with E-state index in [0.29, 0.717) is 17.8 Å². The van der Waals surface area contributed by atoms with Gasteiger partial charge in [-0.25, -0.2) is 0 Å². The summed E-state index contributed by atoms with van der Waals surface area (Å²) < 4.78 is 5.79. The second-order valence-electron chi connectivity index (χ2n) is 7.07. The van der Waals surface area contributed by atoms with Gasteiger partial charge in [-0.2, -0.15) is 0 Å². The van der Waals surface area contributed by atoms with E-state index in [4.69, 9.17) is 4.74 Å². The molecular weight excluding hydrogens is 274 g/mol. The van der Waals surface area contributed by atoms with E-state index in [-0.39, 0.29) is 18.6 Å². The molecule has 0 saturated carbocycles. The summed E-state index contributed by atoms with van der Waals surface area (Å²) in [5.74, 6) is 1.96. The lowest BCUT2D eigenvalue weighted by molar-refractivity contribution is -0.124. The maximum absolute atomic E-state index is 12.2. The number of rotatable bonds is 7. The number of carbonyl (C=O) groups is 1. The molecule has 0 radical (unpaired) electrons. The molecule has 0 heterocycles. The molecule has 0 aliphatic rings. The molecule has 0 bridgehead atoms. The van der Waals surface area contributed by atoms with Crippen LogP contribution in [-0.4, -0.2) is 18.6 Å². The minimum absolute atomic E-state index is 0.0522. The topological polar surface area (TPSA) is 38.3 Å². The summed E-state index contributed by atoms with van der Waals surface area (Å²) in [6.07, 6.45) is 0. The van der Waals surface area contributed by atoms with Gasteiger partial charge in [-0.3, -0.25) is 4.79 Å². The Morgan fingerprint density at radius 3 is 2.18 bits per heavy atom. The molecule has 0 unspecified atom stereocenters. The summed E-state index contributed by atoms with van der Waals surface area (Å²) in [5.41, 5.74) is 2.28. The quantitative estimate of drug-likeness (QED) is 0.816. The average Bonchev–Trinajstić information content (AvgIpc) is 2.41. The van der Waals surface area contributed by atoms with Crippen LogP contribution in [0, 0.1) is 18.8 Å². The molecule has 1 amide bonds. The first kappa shape index (κ1) is 18.5. The van der Waals surface area contributed by atoms with Crippen LogP contribution in [-0.2, 0) is 4.79 Å². The van der Waals surface area contributed by atoms with Gasteiger partial charge in [0.25, 0.3) is 5.91 Å². The van der Waals surface area contributed by atoms with Gasteiger partial charge in [-0.1, -0.05) is 53.7 Å². The largest absolute Gasteiger partial charge is 0.483 e. The van der Waals surface area contributed by atoms with E-state index in [1.165, 1.54) is 0 Å². The number of hydrogen-bond donors (Lipinski definition) is 1. The van der Waals surface area contributed by atoms with Crippen molar-refractivity contribution in [3.05, 3.63) is 29.3 Å². The second-order valence-corrected chi connectivity index (χ2v) is 7.07. The molecule has 22 heavy (non-hydrogen) atoms. The summed E-state index contributed by atoms with van der Waals surface area (Å²) in [5, 5.41) is 3.09. The molecule has 1 rings (SSSR count). The summed E-state index contributed by atoms with van der Waals surface area (Å²) in [4.78, 5) is 12.2. The summed E-state index contributed by atoms with van der Waals surface area (Å²) in [7, 11) is 0. The number of amides is 1. The van der Waals surface area contributed by atoms with Crippen LogP contribution in [0.1, 0.15) is 58.6 Å². The Morgan fingerprint density at radius 2 is 1.68 bits per heavy atom. The molecule has 1 aromatic carbocycles. The van der Waals surface area contributed by atoms with E-state index >= 15 is 0 Å². The van der Waals surface area contributed by atoms with Crippen LogP contribution in [0.3, 0.4) is 0 Å². The zero-order chi connectivity index (χ0) is 16.9. The van der Waals surface area contributed by atoms with Crippen LogP contribution >= 0.6 is 0 Å². The van der Waals surface area contributed by atoms with E-state index in [9.17, 15) is 4.79 Å². The Bertz CT molecular complexity index is 484. The van der Waals surface area contributed by atoms with Crippen molar-refractivity contribution in [2.45, 2.75) is 60.4 Å². The Balaban J connectivity index is 2.70. The molecule has 0 saturated heterocycles. The van der Waals surface area contributed by atoms with Crippen molar-refractivity contribution in [3.8, 4) is 5.75 Å². The van der Waals surface area contributed by atoms with Crippen molar-refractivity contribution in [2.24, 2.45) is 11.8 Å². The minimum atomic E-state index is -0.0522. The van der Waals surface area contributed by atoms with Crippen molar-refractivity contribution in [1.29, 1.82) is 0 Å². The van der Waals surface area contributed by atoms with Crippen LogP contribution in [0.4, 0.5) is 0 Å². The van der Waals surface area contributed by atoms with Gasteiger partial charge in [0, 0.05) is 6.04 Å². The third-order valence-electron chi connectivity index (χ3n) is 3.91. The lowest BCUT2D eigenvalue weighted by Crippen LogP contribution is -2.44. The number of hydrogen-bond acceptors (Lipinski definition) is 2. The van der Waals surface area contributed by atoms with E-state index in [1.54, 1.807) is 0 Å². The minimum Gasteiger partial charge on any atom is -0.483 e. The summed E-state index contributed by atoms with van der Waals surface area (Å²) >= 11 is 0. The average molecular weight is 305 g/mol. The van der Waals surface area contributed by atoms with Gasteiger partial charge in [0.2, 0.25) is 0 Å². The zero-order valence-electron chi connectivity index (χ0n) is 15.1. The van der Waals surface area contributed by atoms with Crippen LogP contribution < -0.4 is 10.1 Å². The van der Waals surface area contributed by atoms with E-state index in [1.807, 2.05) is 13.0 Å². The molecule has 1 N–H and O–H groups in total. The molecule has 0 aliphatic carbocycles. The SMILES string of the molecule is Cc1ccc(C(C)C)c(OCC(=O)NC(C(C)C)C(C)C)c1. The van der Waals surface area contributed by atoms with Gasteiger partial charge in [-0.15, -0.1) is 0 Å². The van der Waals surface area contributed by atoms with Crippen LogP contribution in [0.2, 0.25) is 0 Å². The van der Waals surface area contributed by atoms with Gasteiger partial charge < -0.3 is 10.1 Å². The highest BCUT2D eigenvalue weighted by atomic mass is 16.5. The smallest absolute Gasteiger partial charge is 0.258 e. The molecule has 0 spiro atoms. The van der Waals surface area contributed by atoms with Crippen LogP contribution in [0.15, 0.2) is 18.2 Å². The van der Waals surface area contributed by atoms with E-state index < -0.39 is 0 Å². The molecule has 0 fully saturated rings. The second kappa shape index (κ2) is 8.21. The fourth-order valence-corrected chi connectivity index (χ4v) is 2.72. The van der Waals surface area contributed by atoms with Gasteiger partial charge in [0.15, 0.2) is 6.61 Å². The van der Waals surface area contributed by atoms with E-state index in [0.717, 1.165) is 16.9 Å². The number of benzene rings is 1. The highest BCUT2D eigenvalue weighted by molar-refractivity contribution is 5.78. The summed E-state index contributed by atoms with van der Waals surface area (Å²) in [6, 6.07) is 6.34. The Kier molecular flexibility index (Phi) is 6.92. The predicted octanol–water partition coefficient (Wildman–Crippen LogP) is 4.29. The molecule has 0 aromatic heterocycles. The van der Waals surface area contributed by atoms with Crippen LogP contribution in [0.5, 0.6) is 5.75 Å². The van der Waals surface area contributed by atoms with Crippen molar-refractivity contribution >= 4 is 5.91 Å². The number of ether oxygens (including phenoxy) is 1. The molecular formula is C19H31NO2. The number of carbonyl (C=O) groups excluding carboxylic acids is 1. The van der Waals surface area contributed by atoms with Crippen molar-refractivity contribution in [3.63, 3.8) is 0 Å². The molecule has 1 aromatic rings. The van der Waals surface area contributed by atoms with Crippen molar-refractivity contribution in [2.75, 3.05) is 6.61 Å². The fraction of sp³-hybridized carbons (Fsp3) is 0.632. The maximum atomic E-state index is 12.2. The lowest BCUT2D eigenvalue weighted by Gasteiger charge is -2.26. The number of aryl methyl sites for hydroxylation is 1. The van der Waals surface area contributed by atoms with Gasteiger partial charge >= 0.3 is 0 Å². The normalized spacial score (nSPS) is 11.6. The first-order valence-corrected chi connectivity index (χ1v) is 8.25. The molecule has 3 heteroatoms. The van der Waals surface area contributed by atoms with Gasteiger partial charge in [0.1, 0.15) is 5.75 Å². The zero-order valence-corrected chi connectivity index (χ0v) is 15.1. The van der Waals surface area contributed by atoms with E-state index in [2.05, 4.69) is 59.0 Å². The van der Waals surface area contributed by atoms with Crippen molar-refractivity contribution in [1.82, 2.24) is 5.32 Å². The Morgan fingerprint density at radius 1 is 1.09 bits per heavy atom. The van der Waals surface area contributed by atoms with Crippen LogP contribution in [0.25, 0.3) is 0 Å². The monoisotopic (exact) mass is 305 g/mol. The highest BCUT2D eigenvalue weighted by Gasteiger charge is 2.20. The third kappa shape index (κ3) is 5.36. The van der Waals surface area contributed by atoms with Gasteiger partial charge in [0.05, 0.1) is 0 Å². The molecule has 3 nitrogen and oxygen atoms in total. The number of nitrogens with one attached hydrogen (secondary N) is 1. The van der Waals surface area contributed by atoms with Gasteiger partial charge in [-0.05, 0) is 41.9 Å². The fourth-order valence-electron chi connectivity index (χ4n) is 2.72. The first-order chi connectivity index (χ1) is 10.2. The maximum Gasteiger partial charge on any atom is 0.258 e. The summed E-state index contributed by atoms with van der Waals surface area (Å²) in [6.45, 7) is 14.9. The van der Waals surface area contributed by atoms with Crippen molar-refractivity contribution < 1.29 is 9.53 Å². The predicted molar refractivity (Wildman–Crippen MR) is 92.4 cm³/mol. The highest BCUT2D eigenvalue weighted by Crippen LogP contribution is 2.27. The molecule has 0 aliphatic heterocycles. The third-order valence-corrected chi connectivity index (χ3v) is 3.91. The molecule has 0 atom stereocenters. The first-order valence-electron chi connectivity index (χ1n) is 8.25. The molecule has 124 valence electrons. The Hall–Kier alpha value is -1.51. The lowest BCUT2D eigenvalue weighted by atomic mass is 9.93. The standard InChI is InChI=1S/C19H31NO2/c1-12(2)16-9-8-15(7)10-17(16)22-11-18(21)20-19(13(3)4)14(5)6/h8-10,12-14,19H,11H2,1-7H3,(H,20,21). The Labute approximate surface area is 135 Å².